The van der Waals surface area contributed by atoms with Crippen molar-refractivity contribution in [3.8, 4) is 0 Å². The summed E-state index contributed by atoms with van der Waals surface area (Å²) in [5.41, 5.74) is 0. The summed E-state index contributed by atoms with van der Waals surface area (Å²) in [6.45, 7) is 5.69. The van der Waals surface area contributed by atoms with E-state index in [1.165, 1.54) is 0 Å². The Hall–Kier alpha value is -0.290. The number of hydrogen-bond donors (Lipinski definition) is 0. The van der Waals surface area contributed by atoms with Gasteiger partial charge in [0.05, 0.1) is 12.2 Å². The lowest BCUT2D eigenvalue weighted by Crippen LogP contribution is -2.46. The lowest BCUT2D eigenvalue weighted by Gasteiger charge is -2.42. The summed E-state index contributed by atoms with van der Waals surface area (Å²) in [4.78, 5) is 0. The first kappa shape index (κ1) is 27.7. The van der Waals surface area contributed by atoms with Crippen molar-refractivity contribution in [2.75, 3.05) is 13.2 Å². The van der Waals surface area contributed by atoms with Crippen LogP contribution in [0.2, 0.25) is 0 Å². The Kier molecular flexibility index (Phi) is 10.7. The average Bonchev–Trinajstić information content (AvgIpc) is 2.86. The second-order valence-corrected chi connectivity index (χ2v) is 12.6. The van der Waals surface area contributed by atoms with E-state index in [0.717, 1.165) is 96.5 Å². The molecule has 204 valence electrons. The van der Waals surface area contributed by atoms with E-state index < -0.39 is 24.6 Å². The van der Waals surface area contributed by atoms with Crippen LogP contribution < -0.4 is 0 Å². The summed E-state index contributed by atoms with van der Waals surface area (Å²) >= 11 is 0. The van der Waals surface area contributed by atoms with Gasteiger partial charge in [-0.05, 0) is 119 Å². The number of alkyl halides is 3. The van der Waals surface area contributed by atoms with E-state index in [1.807, 2.05) is 0 Å². The lowest BCUT2D eigenvalue weighted by molar-refractivity contribution is -0.100. The van der Waals surface area contributed by atoms with Crippen LogP contribution in [0.3, 0.4) is 0 Å². The number of halogens is 3. The van der Waals surface area contributed by atoms with E-state index >= 15 is 8.78 Å². The smallest absolute Gasteiger partial charge is 0.157 e. The molecule has 4 fully saturated rings. The second kappa shape index (κ2) is 13.5. The van der Waals surface area contributed by atoms with Crippen LogP contribution in [0.4, 0.5) is 13.2 Å². The van der Waals surface area contributed by atoms with Gasteiger partial charge in [-0.1, -0.05) is 26.7 Å². The monoisotopic (exact) mass is 500 g/mol. The molecule has 4 rings (SSSR count). The fraction of sp³-hybridized carbons (Fsp3) is 1.00. The molecule has 0 aromatic carbocycles. The van der Waals surface area contributed by atoms with E-state index in [4.69, 9.17) is 9.47 Å². The predicted octanol–water partition coefficient (Wildman–Crippen LogP) is 8.41. The number of unbranched alkanes of at least 4 members (excludes halogenated alkanes) is 1. The molecule has 0 spiro atoms. The first-order valence-corrected chi connectivity index (χ1v) is 15.1. The first-order valence-electron chi connectivity index (χ1n) is 15.1. The van der Waals surface area contributed by atoms with Gasteiger partial charge < -0.3 is 9.47 Å². The van der Waals surface area contributed by atoms with E-state index in [1.54, 1.807) is 0 Å². The molecule has 0 heterocycles. The van der Waals surface area contributed by atoms with Crippen molar-refractivity contribution < 1.29 is 22.6 Å². The van der Waals surface area contributed by atoms with Crippen molar-refractivity contribution in [1.82, 2.24) is 0 Å². The van der Waals surface area contributed by atoms with Gasteiger partial charge in [0.15, 0.2) is 6.17 Å². The molecule has 6 unspecified atom stereocenters. The zero-order chi connectivity index (χ0) is 24.8. The van der Waals surface area contributed by atoms with Gasteiger partial charge in [-0.15, -0.1) is 0 Å². The zero-order valence-corrected chi connectivity index (χ0v) is 22.3. The minimum absolute atomic E-state index is 0.163. The molecule has 4 aliphatic carbocycles. The summed E-state index contributed by atoms with van der Waals surface area (Å²) in [7, 11) is 0. The van der Waals surface area contributed by atoms with Gasteiger partial charge in [-0.25, -0.2) is 13.2 Å². The normalized spacial score (nSPS) is 45.3. The molecule has 0 aromatic heterocycles. The van der Waals surface area contributed by atoms with Crippen LogP contribution >= 0.6 is 0 Å². The quantitative estimate of drug-likeness (QED) is 0.296. The number of ether oxygens (including phenoxy) is 2. The maximum atomic E-state index is 15.2. The highest BCUT2D eigenvalue weighted by Gasteiger charge is 2.45. The second-order valence-electron chi connectivity index (χ2n) is 12.6. The largest absolute Gasteiger partial charge is 0.378 e. The van der Waals surface area contributed by atoms with Gasteiger partial charge in [-0.3, -0.25) is 0 Å². The summed E-state index contributed by atoms with van der Waals surface area (Å²) in [5.74, 6) is 1.80. The van der Waals surface area contributed by atoms with Crippen LogP contribution in [-0.4, -0.2) is 43.9 Å². The molecule has 0 radical (unpaired) electrons. The maximum Gasteiger partial charge on any atom is 0.157 e. The van der Waals surface area contributed by atoms with Gasteiger partial charge in [0.25, 0.3) is 0 Å². The van der Waals surface area contributed by atoms with Crippen LogP contribution in [0.1, 0.15) is 110 Å². The third-order valence-electron chi connectivity index (χ3n) is 10.2. The van der Waals surface area contributed by atoms with Gasteiger partial charge in [-0.2, -0.15) is 0 Å². The van der Waals surface area contributed by atoms with Crippen molar-refractivity contribution in [2.45, 2.75) is 141 Å². The topological polar surface area (TPSA) is 18.5 Å². The van der Waals surface area contributed by atoms with Crippen LogP contribution in [-0.2, 0) is 9.47 Å². The summed E-state index contributed by atoms with van der Waals surface area (Å²) in [5, 5.41) is 0. The van der Waals surface area contributed by atoms with Crippen molar-refractivity contribution in [3.63, 3.8) is 0 Å². The molecule has 4 aliphatic rings. The lowest BCUT2D eigenvalue weighted by atomic mass is 9.68. The molecule has 4 saturated carbocycles. The zero-order valence-electron chi connectivity index (χ0n) is 22.3. The Morgan fingerprint density at radius 2 is 1.34 bits per heavy atom. The average molecular weight is 501 g/mol. The Balaban J connectivity index is 1.15. The van der Waals surface area contributed by atoms with Crippen LogP contribution in [0.5, 0.6) is 0 Å². The fourth-order valence-corrected chi connectivity index (χ4v) is 7.77. The van der Waals surface area contributed by atoms with Crippen molar-refractivity contribution in [3.05, 3.63) is 0 Å². The molecule has 35 heavy (non-hydrogen) atoms. The van der Waals surface area contributed by atoms with E-state index in [9.17, 15) is 4.39 Å². The van der Waals surface area contributed by atoms with Crippen LogP contribution in [0.25, 0.3) is 0 Å². The van der Waals surface area contributed by atoms with E-state index in [2.05, 4.69) is 13.8 Å². The molecule has 0 aliphatic heterocycles. The highest BCUT2D eigenvalue weighted by Crippen LogP contribution is 2.44. The van der Waals surface area contributed by atoms with Crippen LogP contribution in [0, 0.1) is 35.5 Å². The Bertz CT molecular complexity index is 602. The fourth-order valence-electron chi connectivity index (χ4n) is 7.77. The van der Waals surface area contributed by atoms with Gasteiger partial charge in [0.1, 0.15) is 12.3 Å². The highest BCUT2D eigenvalue weighted by molar-refractivity contribution is 4.94. The van der Waals surface area contributed by atoms with Crippen LogP contribution in [0.15, 0.2) is 0 Å². The minimum atomic E-state index is -1.50. The van der Waals surface area contributed by atoms with E-state index in [0.29, 0.717) is 36.9 Å². The molecule has 0 bridgehead atoms. The molecule has 0 N–H and O–H groups in total. The first-order chi connectivity index (χ1) is 17.0. The maximum absolute atomic E-state index is 15.2. The highest BCUT2D eigenvalue weighted by atomic mass is 19.2. The molecular weight excluding hydrogens is 449 g/mol. The minimum Gasteiger partial charge on any atom is -0.378 e. The van der Waals surface area contributed by atoms with Crippen molar-refractivity contribution >= 4 is 0 Å². The molecule has 0 amide bonds. The van der Waals surface area contributed by atoms with Gasteiger partial charge in [0.2, 0.25) is 0 Å². The molecule has 2 nitrogen and oxygen atoms in total. The SMILES string of the molecule is CCCCOC1CCC(C2CCC(OCC3CCC([C@@H]4CCC(C)CC4F)CC3)C(F)C2F)CC1. The van der Waals surface area contributed by atoms with Gasteiger partial charge >= 0.3 is 0 Å². The summed E-state index contributed by atoms with van der Waals surface area (Å²) in [6.07, 6.45) is 10.8. The summed E-state index contributed by atoms with van der Waals surface area (Å²) in [6, 6.07) is 0. The standard InChI is InChI=1S/C30H51F3O2/c1-3-4-17-34-24-12-10-23(11-13-24)26-15-16-28(30(33)29(26)32)35-19-21-6-8-22(9-7-21)25-14-5-20(2)18-27(25)31/h20-30H,3-19H2,1-2H3/t20?,21?,22?,23?,24?,25-,26?,27?,28?,29?,30?/m0/s1. The van der Waals surface area contributed by atoms with E-state index in [-0.39, 0.29) is 17.8 Å². The number of rotatable bonds is 9. The van der Waals surface area contributed by atoms with Crippen molar-refractivity contribution in [2.24, 2.45) is 35.5 Å². The van der Waals surface area contributed by atoms with Crippen molar-refractivity contribution in [1.29, 1.82) is 0 Å². The third kappa shape index (κ3) is 7.39. The Morgan fingerprint density at radius 1 is 0.686 bits per heavy atom. The molecule has 0 aromatic rings. The molecule has 0 saturated heterocycles. The molecule has 5 heteroatoms. The predicted molar refractivity (Wildman–Crippen MR) is 136 cm³/mol. The summed E-state index contributed by atoms with van der Waals surface area (Å²) < 4.78 is 56.9. The molecule has 7 atom stereocenters. The molecular formula is C30H51F3O2. The Labute approximate surface area is 212 Å². The van der Waals surface area contributed by atoms with Gasteiger partial charge in [0, 0.05) is 13.2 Å². The Morgan fingerprint density at radius 3 is 2.03 bits per heavy atom. The third-order valence-corrected chi connectivity index (χ3v) is 10.2. The number of hydrogen-bond acceptors (Lipinski definition) is 2.